The van der Waals surface area contributed by atoms with Gasteiger partial charge in [0, 0.05) is 23.6 Å². The van der Waals surface area contributed by atoms with Crippen molar-refractivity contribution in [3.05, 3.63) is 84.0 Å². The van der Waals surface area contributed by atoms with Gasteiger partial charge in [-0.3, -0.25) is 0 Å². The number of carbonyl (C=O) groups is 1. The Morgan fingerprint density at radius 2 is 1.82 bits per heavy atom. The van der Waals surface area contributed by atoms with Crippen LogP contribution >= 0.6 is 0 Å². The van der Waals surface area contributed by atoms with E-state index >= 15 is 0 Å². The van der Waals surface area contributed by atoms with Crippen LogP contribution in [0.5, 0.6) is 0 Å². The van der Waals surface area contributed by atoms with E-state index in [2.05, 4.69) is 25.4 Å². The van der Waals surface area contributed by atoms with Crippen LogP contribution in [0.15, 0.2) is 71.5 Å². The molecule has 33 heavy (non-hydrogen) atoms. The summed E-state index contributed by atoms with van der Waals surface area (Å²) in [6.07, 6.45) is -2.28. The number of hydrogen-bond donors (Lipinski definition) is 1. The lowest BCUT2D eigenvalue weighted by Gasteiger charge is -2.10. The molecular formula is C22H16F3N5O3. The van der Waals surface area contributed by atoms with Crippen molar-refractivity contribution >= 4 is 17.6 Å². The maximum absolute atomic E-state index is 12.9. The second-order valence-corrected chi connectivity index (χ2v) is 6.86. The number of nitrogens with one attached hydrogen (secondary N) is 1. The van der Waals surface area contributed by atoms with Gasteiger partial charge in [0.05, 0.1) is 11.1 Å². The molecule has 0 aliphatic carbocycles. The number of halogens is 3. The third kappa shape index (κ3) is 5.32. The smallest absolute Gasteiger partial charge is 0.416 e. The first-order valence-corrected chi connectivity index (χ1v) is 9.66. The van der Waals surface area contributed by atoms with Crippen molar-refractivity contribution in [2.24, 2.45) is 0 Å². The Morgan fingerprint density at radius 1 is 1.06 bits per heavy atom. The van der Waals surface area contributed by atoms with E-state index in [4.69, 9.17) is 9.26 Å². The van der Waals surface area contributed by atoms with Crippen LogP contribution in [-0.2, 0) is 10.9 Å². The second kappa shape index (κ2) is 9.07. The van der Waals surface area contributed by atoms with Gasteiger partial charge < -0.3 is 14.6 Å². The molecule has 2 heterocycles. The summed E-state index contributed by atoms with van der Waals surface area (Å²) >= 11 is 0. The van der Waals surface area contributed by atoms with Crippen LogP contribution < -0.4 is 5.32 Å². The Morgan fingerprint density at radius 3 is 2.58 bits per heavy atom. The lowest BCUT2D eigenvalue weighted by molar-refractivity contribution is -0.137. The highest BCUT2D eigenvalue weighted by atomic mass is 19.4. The van der Waals surface area contributed by atoms with Crippen LogP contribution in [0.4, 0.5) is 24.8 Å². The van der Waals surface area contributed by atoms with Crippen molar-refractivity contribution in [2.45, 2.75) is 19.2 Å². The zero-order valence-electron chi connectivity index (χ0n) is 17.1. The minimum absolute atomic E-state index is 0.0481. The lowest BCUT2D eigenvalue weighted by atomic mass is 10.1. The van der Waals surface area contributed by atoms with E-state index in [-0.39, 0.29) is 22.8 Å². The van der Waals surface area contributed by atoms with Crippen LogP contribution in [0.2, 0.25) is 0 Å². The van der Waals surface area contributed by atoms with Crippen LogP contribution in [-0.4, -0.2) is 26.1 Å². The van der Waals surface area contributed by atoms with Crippen molar-refractivity contribution in [3.8, 4) is 11.4 Å². The third-order valence-corrected chi connectivity index (χ3v) is 4.44. The fourth-order valence-corrected chi connectivity index (χ4v) is 2.85. The number of aromatic nitrogens is 4. The minimum Gasteiger partial charge on any atom is -0.449 e. The molecule has 0 saturated heterocycles. The average Bonchev–Trinajstić information content (AvgIpc) is 3.30. The van der Waals surface area contributed by atoms with Crippen LogP contribution in [0.3, 0.4) is 0 Å². The molecule has 11 heteroatoms. The fraction of sp³-hybridized carbons (Fsp3) is 0.136. The molecule has 0 aliphatic rings. The Labute approximate surface area is 185 Å². The van der Waals surface area contributed by atoms with Gasteiger partial charge in [-0.05, 0) is 43.3 Å². The van der Waals surface area contributed by atoms with E-state index in [0.717, 1.165) is 12.1 Å². The molecule has 0 saturated carbocycles. The van der Waals surface area contributed by atoms with Gasteiger partial charge in [0.25, 0.3) is 5.89 Å². The molecule has 1 N–H and O–H groups in total. The van der Waals surface area contributed by atoms with E-state index in [9.17, 15) is 18.0 Å². The van der Waals surface area contributed by atoms with Gasteiger partial charge in [0.2, 0.25) is 11.8 Å². The Hall–Kier alpha value is -4.28. The molecule has 0 fully saturated rings. The highest BCUT2D eigenvalue weighted by Gasteiger charge is 2.31. The van der Waals surface area contributed by atoms with Crippen molar-refractivity contribution in [1.29, 1.82) is 0 Å². The molecule has 1 unspecified atom stereocenters. The number of nitrogens with zero attached hydrogens (tertiary/aromatic N) is 4. The van der Waals surface area contributed by atoms with E-state index in [0.29, 0.717) is 11.6 Å². The molecule has 4 aromatic rings. The fourth-order valence-electron chi connectivity index (χ4n) is 2.85. The molecule has 0 spiro atoms. The number of ether oxygens (including phenoxy) is 1. The first kappa shape index (κ1) is 21.9. The molecule has 1 atom stereocenters. The Kier molecular flexibility index (Phi) is 6.03. The van der Waals surface area contributed by atoms with E-state index in [1.54, 1.807) is 42.7 Å². The normalized spacial score (nSPS) is 12.2. The van der Waals surface area contributed by atoms with Crippen molar-refractivity contribution < 1.29 is 27.2 Å². The summed E-state index contributed by atoms with van der Waals surface area (Å²) in [5.41, 5.74) is 0.119. The topological polar surface area (TPSA) is 103 Å². The molecular weight excluding hydrogens is 439 g/mol. The Bertz CT molecular complexity index is 1260. The standard InChI is InChI=1S/C22H16F3N5O3/c1-13(19-29-18(30-33-19)14-5-2-7-16(11-14)22(23,24)25)32-20(31)15-6-3-8-17(12-15)28-21-26-9-4-10-27-21/h2-13H,1H3,(H,26,27,28). The van der Waals surface area contributed by atoms with Gasteiger partial charge in [-0.2, -0.15) is 18.2 Å². The quantitative estimate of drug-likeness (QED) is 0.396. The summed E-state index contributed by atoms with van der Waals surface area (Å²) in [6, 6.07) is 12.7. The monoisotopic (exact) mass is 455 g/mol. The number of alkyl halides is 3. The number of carbonyl (C=O) groups excluding carboxylic acids is 1. The van der Waals surface area contributed by atoms with Crippen molar-refractivity contribution in [2.75, 3.05) is 5.32 Å². The molecule has 0 aliphatic heterocycles. The third-order valence-electron chi connectivity index (χ3n) is 4.44. The molecule has 8 nitrogen and oxygen atoms in total. The minimum atomic E-state index is -4.50. The number of hydrogen-bond acceptors (Lipinski definition) is 8. The lowest BCUT2D eigenvalue weighted by Crippen LogP contribution is -2.10. The highest BCUT2D eigenvalue weighted by Crippen LogP contribution is 2.32. The highest BCUT2D eigenvalue weighted by molar-refractivity contribution is 5.90. The zero-order chi connectivity index (χ0) is 23.4. The van der Waals surface area contributed by atoms with Crippen LogP contribution in [0.1, 0.15) is 34.8 Å². The molecule has 0 bridgehead atoms. The van der Waals surface area contributed by atoms with Gasteiger partial charge in [-0.15, -0.1) is 0 Å². The van der Waals surface area contributed by atoms with Gasteiger partial charge in [0.15, 0.2) is 6.10 Å². The van der Waals surface area contributed by atoms with E-state index < -0.39 is 23.8 Å². The zero-order valence-corrected chi connectivity index (χ0v) is 17.1. The molecule has 2 aromatic carbocycles. The average molecular weight is 455 g/mol. The predicted molar refractivity (Wildman–Crippen MR) is 110 cm³/mol. The van der Waals surface area contributed by atoms with Gasteiger partial charge in [-0.1, -0.05) is 23.4 Å². The predicted octanol–water partition coefficient (Wildman–Crippen LogP) is 5.21. The van der Waals surface area contributed by atoms with Gasteiger partial charge in [-0.25, -0.2) is 14.8 Å². The molecule has 4 rings (SSSR count). The van der Waals surface area contributed by atoms with Gasteiger partial charge in [0.1, 0.15) is 0 Å². The summed E-state index contributed by atoms with van der Waals surface area (Å²) in [5, 5.41) is 6.67. The molecule has 0 radical (unpaired) electrons. The maximum atomic E-state index is 12.9. The Balaban J connectivity index is 1.45. The maximum Gasteiger partial charge on any atom is 0.416 e. The summed E-state index contributed by atoms with van der Waals surface area (Å²) in [5.74, 6) is -0.390. The second-order valence-electron chi connectivity index (χ2n) is 6.86. The molecule has 0 amide bonds. The van der Waals surface area contributed by atoms with Crippen LogP contribution in [0, 0.1) is 0 Å². The summed E-state index contributed by atoms with van der Waals surface area (Å²) in [6.45, 7) is 1.52. The first-order valence-electron chi connectivity index (χ1n) is 9.66. The molecule has 2 aromatic heterocycles. The summed E-state index contributed by atoms with van der Waals surface area (Å²) in [4.78, 5) is 24.7. The largest absolute Gasteiger partial charge is 0.449 e. The number of esters is 1. The number of rotatable bonds is 6. The number of benzene rings is 2. The van der Waals surface area contributed by atoms with E-state index in [1.165, 1.54) is 19.1 Å². The molecule has 168 valence electrons. The SMILES string of the molecule is CC(OC(=O)c1cccc(Nc2ncccn2)c1)c1nc(-c2cccc(C(F)(F)F)c2)no1. The first-order chi connectivity index (χ1) is 15.8. The van der Waals surface area contributed by atoms with Crippen molar-refractivity contribution in [1.82, 2.24) is 20.1 Å². The summed E-state index contributed by atoms with van der Waals surface area (Å²) in [7, 11) is 0. The van der Waals surface area contributed by atoms with E-state index in [1.807, 2.05) is 0 Å². The van der Waals surface area contributed by atoms with Crippen molar-refractivity contribution in [3.63, 3.8) is 0 Å². The summed E-state index contributed by atoms with van der Waals surface area (Å²) < 4.78 is 49.3. The van der Waals surface area contributed by atoms with Crippen LogP contribution in [0.25, 0.3) is 11.4 Å². The van der Waals surface area contributed by atoms with Gasteiger partial charge >= 0.3 is 12.1 Å². The number of anilines is 2.